The van der Waals surface area contributed by atoms with E-state index in [1.165, 1.54) is 0 Å². The molecule has 5 nitrogen and oxygen atoms in total. The summed E-state index contributed by atoms with van der Waals surface area (Å²) in [6, 6.07) is 11.8. The molecule has 0 saturated heterocycles. The first-order chi connectivity index (χ1) is 13.9. The molecule has 0 amide bonds. The van der Waals surface area contributed by atoms with E-state index in [4.69, 9.17) is 13.9 Å². The van der Waals surface area contributed by atoms with Crippen LogP contribution in [-0.2, 0) is 13.1 Å². The van der Waals surface area contributed by atoms with Crippen LogP contribution in [0, 0.1) is 13.8 Å². The van der Waals surface area contributed by atoms with Crippen LogP contribution in [0.2, 0.25) is 0 Å². The fourth-order valence-electron chi connectivity index (χ4n) is 3.82. The fraction of sp³-hybridized carbons (Fsp3) is 0.375. The second kappa shape index (κ2) is 9.14. The zero-order chi connectivity index (χ0) is 21.0. The molecule has 0 aliphatic rings. The number of nitrogens with zero attached hydrogens (tertiary/aromatic N) is 1. The summed E-state index contributed by atoms with van der Waals surface area (Å²) in [6.07, 6.45) is 1.02. The van der Waals surface area contributed by atoms with Crippen LogP contribution in [0.1, 0.15) is 35.6 Å². The van der Waals surface area contributed by atoms with E-state index in [1.54, 1.807) is 20.3 Å². The molecule has 1 heterocycles. The van der Waals surface area contributed by atoms with E-state index in [0.717, 1.165) is 58.6 Å². The van der Waals surface area contributed by atoms with Crippen molar-refractivity contribution in [3.63, 3.8) is 0 Å². The number of rotatable bonds is 8. The van der Waals surface area contributed by atoms with E-state index in [2.05, 4.69) is 30.9 Å². The van der Waals surface area contributed by atoms with E-state index in [0.29, 0.717) is 12.1 Å². The predicted octanol–water partition coefficient (Wildman–Crippen LogP) is 4.84. The van der Waals surface area contributed by atoms with Gasteiger partial charge in [-0.2, -0.15) is 0 Å². The summed E-state index contributed by atoms with van der Waals surface area (Å²) < 4.78 is 16.3. The summed E-state index contributed by atoms with van der Waals surface area (Å²) >= 11 is 0. The lowest BCUT2D eigenvalue weighted by Crippen LogP contribution is -2.24. The Labute approximate surface area is 171 Å². The Bertz CT molecular complexity index is 1050. The minimum absolute atomic E-state index is 0.304. The number of hydrogen-bond acceptors (Lipinski definition) is 5. The maximum Gasteiger partial charge on any atom is 0.336 e. The molecule has 3 aromatic rings. The summed E-state index contributed by atoms with van der Waals surface area (Å²) in [6.45, 7) is 8.55. The molecule has 5 heteroatoms. The van der Waals surface area contributed by atoms with Crippen LogP contribution in [-0.4, -0.2) is 25.7 Å². The van der Waals surface area contributed by atoms with Crippen LogP contribution in [0.4, 0.5) is 0 Å². The van der Waals surface area contributed by atoms with Crippen molar-refractivity contribution >= 4 is 11.0 Å². The molecule has 2 aromatic carbocycles. The lowest BCUT2D eigenvalue weighted by atomic mass is 10.0. The van der Waals surface area contributed by atoms with E-state index < -0.39 is 0 Å². The number of fused-ring (bicyclic) bond motifs is 1. The van der Waals surface area contributed by atoms with Gasteiger partial charge < -0.3 is 13.9 Å². The first-order valence-corrected chi connectivity index (χ1v) is 9.92. The number of ether oxygens (including phenoxy) is 2. The van der Waals surface area contributed by atoms with Crippen LogP contribution in [0.25, 0.3) is 11.0 Å². The molecule has 0 saturated carbocycles. The van der Waals surface area contributed by atoms with Crippen LogP contribution in [0.5, 0.6) is 11.5 Å². The van der Waals surface area contributed by atoms with Gasteiger partial charge in [-0.3, -0.25) is 4.90 Å². The molecule has 0 N–H and O–H groups in total. The van der Waals surface area contributed by atoms with Gasteiger partial charge in [0.15, 0.2) is 11.5 Å². The summed E-state index contributed by atoms with van der Waals surface area (Å²) in [5.41, 5.74) is 4.66. The molecule has 0 unspecified atom stereocenters. The van der Waals surface area contributed by atoms with E-state index in [9.17, 15) is 4.79 Å². The zero-order valence-corrected chi connectivity index (χ0v) is 17.9. The van der Waals surface area contributed by atoms with E-state index in [-0.39, 0.29) is 5.63 Å². The standard InChI is InChI=1S/C24H29NO4/c1-6-9-25(14-18-7-8-21(27-4)22(12-18)28-5)15-19-13-23(26)29-24-17(3)10-16(2)11-20(19)24/h7-8,10-13H,6,9,14-15H2,1-5H3. The van der Waals surface area contributed by atoms with Crippen molar-refractivity contribution in [1.29, 1.82) is 0 Å². The summed E-state index contributed by atoms with van der Waals surface area (Å²) in [7, 11) is 3.28. The smallest absolute Gasteiger partial charge is 0.336 e. The first kappa shape index (κ1) is 20.9. The maximum atomic E-state index is 12.2. The SMILES string of the molecule is CCCN(Cc1ccc(OC)c(OC)c1)Cc1cc(=O)oc2c(C)cc(C)cc12. The molecular weight excluding hydrogens is 366 g/mol. The van der Waals surface area contributed by atoms with E-state index in [1.807, 2.05) is 25.1 Å². The molecule has 0 aliphatic heterocycles. The lowest BCUT2D eigenvalue weighted by Gasteiger charge is -2.23. The predicted molar refractivity (Wildman–Crippen MR) is 116 cm³/mol. The Morgan fingerprint density at radius 1 is 0.966 bits per heavy atom. The van der Waals surface area contributed by atoms with Gasteiger partial charge in [0.05, 0.1) is 14.2 Å². The third-order valence-electron chi connectivity index (χ3n) is 5.05. The molecule has 3 rings (SSSR count). The number of hydrogen-bond donors (Lipinski definition) is 0. The minimum atomic E-state index is -0.304. The average molecular weight is 395 g/mol. The third kappa shape index (κ3) is 4.80. The highest BCUT2D eigenvalue weighted by atomic mass is 16.5. The molecule has 29 heavy (non-hydrogen) atoms. The van der Waals surface area contributed by atoms with Gasteiger partial charge in [-0.25, -0.2) is 4.79 Å². The Balaban J connectivity index is 1.94. The highest BCUT2D eigenvalue weighted by molar-refractivity contribution is 5.83. The van der Waals surface area contributed by atoms with Gasteiger partial charge in [0.25, 0.3) is 0 Å². The minimum Gasteiger partial charge on any atom is -0.493 e. The highest BCUT2D eigenvalue weighted by Gasteiger charge is 2.14. The normalized spacial score (nSPS) is 11.2. The Kier molecular flexibility index (Phi) is 6.60. The summed E-state index contributed by atoms with van der Waals surface area (Å²) in [4.78, 5) is 14.5. The molecule has 0 fully saturated rings. The van der Waals surface area contributed by atoms with Gasteiger partial charge in [0.2, 0.25) is 0 Å². The quantitative estimate of drug-likeness (QED) is 0.511. The lowest BCUT2D eigenvalue weighted by molar-refractivity contribution is 0.257. The summed E-state index contributed by atoms with van der Waals surface area (Å²) in [5, 5.41) is 1.01. The number of benzene rings is 2. The van der Waals surface area contributed by atoms with Gasteiger partial charge in [0.1, 0.15) is 5.58 Å². The monoisotopic (exact) mass is 395 g/mol. The average Bonchev–Trinajstić information content (AvgIpc) is 2.69. The number of aryl methyl sites for hydroxylation is 2. The topological polar surface area (TPSA) is 51.9 Å². The maximum absolute atomic E-state index is 12.2. The van der Waals surface area contributed by atoms with Crippen molar-refractivity contribution in [3.05, 3.63) is 69.1 Å². The molecule has 0 bridgehead atoms. The molecule has 154 valence electrons. The Morgan fingerprint density at radius 3 is 2.41 bits per heavy atom. The second-order valence-corrected chi connectivity index (χ2v) is 7.45. The fourth-order valence-corrected chi connectivity index (χ4v) is 3.82. The van der Waals surface area contributed by atoms with Gasteiger partial charge in [-0.15, -0.1) is 0 Å². The first-order valence-electron chi connectivity index (χ1n) is 9.92. The van der Waals surface area contributed by atoms with Crippen LogP contribution < -0.4 is 15.1 Å². The molecule has 0 aliphatic carbocycles. The van der Waals surface area contributed by atoms with Crippen LogP contribution in [0.15, 0.2) is 45.6 Å². The van der Waals surface area contributed by atoms with Crippen molar-refractivity contribution in [3.8, 4) is 11.5 Å². The summed E-state index contributed by atoms with van der Waals surface area (Å²) in [5.74, 6) is 1.44. The molecule has 0 atom stereocenters. The highest BCUT2D eigenvalue weighted by Crippen LogP contribution is 2.29. The molecule has 1 aromatic heterocycles. The van der Waals surface area contributed by atoms with Crippen molar-refractivity contribution in [1.82, 2.24) is 4.90 Å². The van der Waals surface area contributed by atoms with Gasteiger partial charge in [0, 0.05) is 24.5 Å². The van der Waals surface area contributed by atoms with Crippen LogP contribution >= 0.6 is 0 Å². The molecular formula is C24H29NO4. The van der Waals surface area contributed by atoms with Crippen molar-refractivity contribution in [2.75, 3.05) is 20.8 Å². The van der Waals surface area contributed by atoms with Crippen molar-refractivity contribution in [2.24, 2.45) is 0 Å². The van der Waals surface area contributed by atoms with Crippen molar-refractivity contribution < 1.29 is 13.9 Å². The van der Waals surface area contributed by atoms with Gasteiger partial charge in [-0.1, -0.05) is 19.1 Å². The Morgan fingerprint density at radius 2 is 1.72 bits per heavy atom. The van der Waals surface area contributed by atoms with Crippen LogP contribution in [0.3, 0.4) is 0 Å². The molecule has 0 radical (unpaired) electrons. The largest absolute Gasteiger partial charge is 0.493 e. The third-order valence-corrected chi connectivity index (χ3v) is 5.05. The van der Waals surface area contributed by atoms with Crippen molar-refractivity contribution in [2.45, 2.75) is 40.3 Å². The van der Waals surface area contributed by atoms with Gasteiger partial charge in [-0.05, 0) is 67.3 Å². The zero-order valence-electron chi connectivity index (χ0n) is 17.9. The second-order valence-electron chi connectivity index (χ2n) is 7.45. The van der Waals surface area contributed by atoms with Gasteiger partial charge >= 0.3 is 5.63 Å². The molecule has 0 spiro atoms. The Hall–Kier alpha value is -2.79. The van der Waals surface area contributed by atoms with E-state index >= 15 is 0 Å². The number of methoxy groups -OCH3 is 2.